The fourth-order valence-electron chi connectivity index (χ4n) is 8.21. The van der Waals surface area contributed by atoms with Gasteiger partial charge in [0.2, 0.25) is 0 Å². The molecule has 0 spiro atoms. The van der Waals surface area contributed by atoms with E-state index in [9.17, 15) is 0 Å². The summed E-state index contributed by atoms with van der Waals surface area (Å²) in [5.41, 5.74) is 10.7. The maximum absolute atomic E-state index is 6.76. The van der Waals surface area contributed by atoms with E-state index in [1.165, 1.54) is 0 Å². The average molecular weight is 751 g/mol. The van der Waals surface area contributed by atoms with Crippen LogP contribution < -0.4 is 19.3 Å². The molecule has 0 saturated carbocycles. The topological polar surface area (TPSA) is 24.9 Å². The van der Waals surface area contributed by atoms with Gasteiger partial charge in [-0.2, -0.15) is 0 Å². The lowest BCUT2D eigenvalue weighted by Gasteiger charge is -2.31. The highest BCUT2D eigenvalue weighted by Gasteiger charge is 2.30. The molecule has 4 heteroatoms. The van der Waals surface area contributed by atoms with E-state index in [2.05, 4.69) is 146 Å². The summed E-state index contributed by atoms with van der Waals surface area (Å²) in [5, 5.41) is 4.26. The van der Waals surface area contributed by atoms with Crippen LogP contribution in [0.2, 0.25) is 0 Å². The predicted molar refractivity (Wildman–Crippen MR) is 245 cm³/mol. The molecule has 0 aromatic heterocycles. The lowest BCUT2D eigenvalue weighted by atomic mass is 9.88. The second-order valence-corrected chi connectivity index (χ2v) is 14.4. The Morgan fingerprint density at radius 1 is 0.672 bits per heavy atom. The van der Waals surface area contributed by atoms with Crippen molar-refractivity contribution in [2.75, 3.05) is 9.80 Å². The second-order valence-electron chi connectivity index (χ2n) is 14.4. The van der Waals surface area contributed by atoms with Gasteiger partial charge in [-0.1, -0.05) is 118 Å². The summed E-state index contributed by atoms with van der Waals surface area (Å²) in [7, 11) is 0. The van der Waals surface area contributed by atoms with Crippen molar-refractivity contribution >= 4 is 44.2 Å². The Hall–Kier alpha value is -7.56. The first-order valence-electron chi connectivity index (χ1n) is 19.4. The van der Waals surface area contributed by atoms with Gasteiger partial charge < -0.3 is 19.3 Å². The van der Waals surface area contributed by atoms with Crippen molar-refractivity contribution in [2.45, 2.75) is 12.8 Å². The summed E-state index contributed by atoms with van der Waals surface area (Å²) in [6.07, 6.45) is 19.7. The molecular formula is C54H42N2O2. The predicted octanol–water partition coefficient (Wildman–Crippen LogP) is 14.8. The second kappa shape index (κ2) is 15.2. The van der Waals surface area contributed by atoms with Crippen LogP contribution in [0.25, 0.3) is 38.2 Å². The number of allylic oxidation sites excluding steroid dienone is 11. The number of rotatable bonds is 10. The van der Waals surface area contributed by atoms with Crippen LogP contribution in [0.4, 0.5) is 17.1 Å². The van der Waals surface area contributed by atoms with E-state index < -0.39 is 0 Å². The maximum atomic E-state index is 6.76. The van der Waals surface area contributed by atoms with Gasteiger partial charge in [-0.25, -0.2) is 0 Å². The Morgan fingerprint density at radius 2 is 1.41 bits per heavy atom. The van der Waals surface area contributed by atoms with E-state index in [4.69, 9.17) is 9.47 Å². The maximum Gasteiger partial charge on any atom is 0.137 e. The van der Waals surface area contributed by atoms with Crippen molar-refractivity contribution in [1.82, 2.24) is 0 Å². The highest BCUT2D eigenvalue weighted by Crippen LogP contribution is 2.54. The molecule has 0 amide bonds. The Balaban J connectivity index is 1.09. The number of nitrogens with zero attached hydrogens (tertiary/aromatic N) is 2. The molecule has 6 aromatic carbocycles. The molecule has 280 valence electrons. The molecule has 58 heavy (non-hydrogen) atoms. The van der Waals surface area contributed by atoms with Crippen molar-refractivity contribution in [3.05, 3.63) is 237 Å². The third-order valence-electron chi connectivity index (χ3n) is 10.9. The minimum Gasteiger partial charge on any atom is -0.456 e. The Morgan fingerprint density at radius 3 is 2.22 bits per heavy atom. The molecule has 9 rings (SSSR count). The zero-order chi connectivity index (χ0) is 39.8. The van der Waals surface area contributed by atoms with Gasteiger partial charge >= 0.3 is 0 Å². The van der Waals surface area contributed by atoms with Gasteiger partial charge in [-0.3, -0.25) is 0 Å². The van der Waals surface area contributed by atoms with E-state index in [1.54, 1.807) is 6.08 Å². The number of hydrogen-bond acceptors (Lipinski definition) is 4. The SMILES string of the molecule is C=C/C=C\C=C\N(/C(C=C)=C1\CCC=CC1=C)c1ccc2c(c1)Oc1ccc3c4c(ccc-2c14)O/C(=C/C(=C)N(c1ccccc1)c1cccc2ccccc12)C3=C. The van der Waals surface area contributed by atoms with Gasteiger partial charge in [0.05, 0.1) is 5.69 Å². The summed E-state index contributed by atoms with van der Waals surface area (Å²) in [6, 6.07) is 39.7. The van der Waals surface area contributed by atoms with Crippen LogP contribution in [-0.2, 0) is 0 Å². The molecule has 4 nitrogen and oxygen atoms in total. The third kappa shape index (κ3) is 6.31. The first-order chi connectivity index (χ1) is 28.4. The number of benzene rings is 6. The van der Waals surface area contributed by atoms with Crippen molar-refractivity contribution in [3.63, 3.8) is 0 Å². The summed E-state index contributed by atoms with van der Waals surface area (Å²) < 4.78 is 13.5. The van der Waals surface area contributed by atoms with E-state index in [1.807, 2.05) is 60.8 Å². The number of hydrogen-bond donors (Lipinski definition) is 0. The van der Waals surface area contributed by atoms with E-state index in [0.29, 0.717) is 5.76 Å². The molecule has 0 fully saturated rings. The minimum absolute atomic E-state index is 0.642. The number of anilines is 3. The normalized spacial score (nSPS) is 15.7. The van der Waals surface area contributed by atoms with Crippen molar-refractivity contribution in [1.29, 1.82) is 0 Å². The van der Waals surface area contributed by atoms with Crippen LogP contribution in [0.15, 0.2) is 231 Å². The van der Waals surface area contributed by atoms with Crippen LogP contribution in [0.3, 0.4) is 0 Å². The highest BCUT2D eigenvalue weighted by molar-refractivity contribution is 6.13. The monoisotopic (exact) mass is 750 g/mol. The van der Waals surface area contributed by atoms with Gasteiger partial charge in [0, 0.05) is 68.4 Å². The molecule has 0 unspecified atom stereocenters. The zero-order valence-electron chi connectivity index (χ0n) is 32.3. The fourth-order valence-corrected chi connectivity index (χ4v) is 8.21. The van der Waals surface area contributed by atoms with Gasteiger partial charge in [0.15, 0.2) is 0 Å². The van der Waals surface area contributed by atoms with Crippen LogP contribution in [0.1, 0.15) is 18.4 Å². The highest BCUT2D eigenvalue weighted by atomic mass is 16.5. The lowest BCUT2D eigenvalue weighted by molar-refractivity contribution is 0.449. The molecule has 1 aliphatic carbocycles. The molecule has 6 aromatic rings. The van der Waals surface area contributed by atoms with Crippen molar-refractivity contribution in [3.8, 4) is 28.4 Å². The van der Waals surface area contributed by atoms with Crippen molar-refractivity contribution < 1.29 is 9.47 Å². The number of para-hydroxylation sites is 1. The molecule has 0 atom stereocenters. The Kier molecular flexibility index (Phi) is 9.44. The molecule has 2 heterocycles. The fraction of sp³-hybridized carbons (Fsp3) is 0.0370. The standard InChI is InChI=1S/C54H42N2O2/c1-6-8-9-17-33-55(47(7-2)42-24-15-13-19-36(42)3)41-27-28-45-46-30-32-49-53-43(29-31-50(54(46)53)58-52(45)35-41)38(5)51(57-49)34-37(4)56(40-22-11-10-12-23-40)48-26-18-21-39-20-14-16-25-44(39)48/h6-14,16-23,25-35H,1-5,15,24H2/b9-8-,33-17+,47-42+,51-34+. The van der Waals surface area contributed by atoms with Crippen LogP contribution in [0, 0.1) is 0 Å². The summed E-state index contributed by atoms with van der Waals surface area (Å²) in [6.45, 7) is 21.5. The van der Waals surface area contributed by atoms with Gasteiger partial charge in [-0.15, -0.1) is 0 Å². The largest absolute Gasteiger partial charge is 0.456 e. The van der Waals surface area contributed by atoms with Gasteiger partial charge in [-0.05, 0) is 107 Å². The molecule has 2 aliphatic heterocycles. The molecule has 0 saturated heterocycles. The molecule has 3 aliphatic rings. The lowest BCUT2D eigenvalue weighted by Crippen LogP contribution is -2.17. The quantitative estimate of drug-likeness (QED) is 0.130. The Labute approximate surface area is 340 Å². The minimum atomic E-state index is 0.642. The Bertz CT molecular complexity index is 2880. The zero-order valence-corrected chi connectivity index (χ0v) is 32.3. The third-order valence-corrected chi connectivity index (χ3v) is 10.9. The molecule has 0 bridgehead atoms. The molecule has 0 N–H and O–H groups in total. The first kappa shape index (κ1) is 36.1. The van der Waals surface area contributed by atoms with Crippen LogP contribution in [0.5, 0.6) is 17.2 Å². The summed E-state index contributed by atoms with van der Waals surface area (Å²) >= 11 is 0. The van der Waals surface area contributed by atoms with Crippen molar-refractivity contribution in [2.24, 2.45) is 0 Å². The number of fused-ring (bicyclic) bond motifs is 3. The van der Waals surface area contributed by atoms with E-state index in [0.717, 1.165) is 114 Å². The van der Waals surface area contributed by atoms with E-state index >= 15 is 0 Å². The average Bonchev–Trinajstić information content (AvgIpc) is 3.25. The van der Waals surface area contributed by atoms with Gasteiger partial charge in [0.25, 0.3) is 0 Å². The first-order valence-corrected chi connectivity index (χ1v) is 19.4. The summed E-state index contributed by atoms with van der Waals surface area (Å²) in [4.78, 5) is 4.32. The van der Waals surface area contributed by atoms with Gasteiger partial charge in [0.1, 0.15) is 23.0 Å². The van der Waals surface area contributed by atoms with Crippen LogP contribution >= 0.6 is 0 Å². The molecule has 0 radical (unpaired) electrons. The summed E-state index contributed by atoms with van der Waals surface area (Å²) in [5.74, 6) is 2.92. The van der Waals surface area contributed by atoms with E-state index in [-0.39, 0.29) is 0 Å². The van der Waals surface area contributed by atoms with Crippen LogP contribution in [-0.4, -0.2) is 0 Å². The molecular weight excluding hydrogens is 709 g/mol. The smallest absolute Gasteiger partial charge is 0.137 e. The number of ether oxygens (including phenoxy) is 2.